The highest BCUT2D eigenvalue weighted by Crippen LogP contribution is 2.13. The molecule has 0 radical (unpaired) electrons. The molecule has 0 fully saturated rings. The lowest BCUT2D eigenvalue weighted by Crippen LogP contribution is -2.25. The number of hydrogen-bond donors (Lipinski definition) is 0. The molecule has 0 saturated carbocycles. The molecule has 1 atom stereocenters. The van der Waals surface area contributed by atoms with Crippen molar-refractivity contribution < 1.29 is 14.3 Å². The van der Waals surface area contributed by atoms with E-state index < -0.39 is 5.92 Å². The van der Waals surface area contributed by atoms with E-state index in [-0.39, 0.29) is 11.8 Å². The lowest BCUT2D eigenvalue weighted by molar-refractivity contribution is -0.151. The summed E-state index contributed by atoms with van der Waals surface area (Å²) in [6.45, 7) is 5.92. The van der Waals surface area contributed by atoms with Gasteiger partial charge in [0.25, 0.3) is 0 Å². The minimum Gasteiger partial charge on any atom is -0.465 e. The maximum absolute atomic E-state index is 11.6. The molecule has 0 spiro atoms. The van der Waals surface area contributed by atoms with Gasteiger partial charge < -0.3 is 4.74 Å². The molecular formula is C12H22O3S. The largest absolute Gasteiger partial charge is 0.465 e. The third kappa shape index (κ3) is 6.88. The van der Waals surface area contributed by atoms with E-state index in [1.807, 2.05) is 6.92 Å². The van der Waals surface area contributed by atoms with Crippen LogP contribution in [0, 0.1) is 5.92 Å². The van der Waals surface area contributed by atoms with Gasteiger partial charge in [0.2, 0.25) is 0 Å². The van der Waals surface area contributed by atoms with Gasteiger partial charge in [-0.25, -0.2) is 0 Å². The second-order valence-electron chi connectivity index (χ2n) is 3.73. The van der Waals surface area contributed by atoms with Crippen LogP contribution in [0.15, 0.2) is 0 Å². The van der Waals surface area contributed by atoms with Gasteiger partial charge in [0.1, 0.15) is 11.7 Å². The number of carbonyl (C=O) groups excluding carboxylic acids is 2. The molecule has 0 aliphatic heterocycles. The second-order valence-corrected chi connectivity index (χ2v) is 4.96. The first kappa shape index (κ1) is 15.5. The number of ether oxygens (including phenoxy) is 1. The molecule has 0 rings (SSSR count). The summed E-state index contributed by atoms with van der Waals surface area (Å²) in [5, 5.41) is 0. The van der Waals surface area contributed by atoms with Crippen molar-refractivity contribution in [2.24, 2.45) is 5.92 Å². The van der Waals surface area contributed by atoms with Crippen molar-refractivity contribution in [3.8, 4) is 0 Å². The van der Waals surface area contributed by atoms with Gasteiger partial charge in [-0.3, -0.25) is 9.59 Å². The SMILES string of the molecule is CCCOC(=O)C(CCSCCC)C(C)=O. The quantitative estimate of drug-likeness (QED) is 0.356. The fourth-order valence-electron chi connectivity index (χ4n) is 1.24. The van der Waals surface area contributed by atoms with E-state index in [4.69, 9.17) is 4.74 Å². The molecule has 0 saturated heterocycles. The Morgan fingerprint density at radius 1 is 1.19 bits per heavy atom. The molecule has 1 unspecified atom stereocenters. The predicted molar refractivity (Wildman–Crippen MR) is 67.7 cm³/mol. The summed E-state index contributed by atoms with van der Waals surface area (Å²) in [7, 11) is 0. The molecule has 0 aromatic heterocycles. The van der Waals surface area contributed by atoms with Gasteiger partial charge in [0.05, 0.1) is 6.61 Å². The molecule has 4 heteroatoms. The molecule has 0 heterocycles. The highest BCUT2D eigenvalue weighted by molar-refractivity contribution is 7.99. The monoisotopic (exact) mass is 246 g/mol. The number of carbonyl (C=O) groups is 2. The van der Waals surface area contributed by atoms with E-state index in [2.05, 4.69) is 6.92 Å². The number of hydrogen-bond acceptors (Lipinski definition) is 4. The van der Waals surface area contributed by atoms with Crippen LogP contribution in [0.5, 0.6) is 0 Å². The Balaban J connectivity index is 3.96. The van der Waals surface area contributed by atoms with Crippen molar-refractivity contribution in [2.75, 3.05) is 18.1 Å². The smallest absolute Gasteiger partial charge is 0.316 e. The lowest BCUT2D eigenvalue weighted by Gasteiger charge is -2.12. The van der Waals surface area contributed by atoms with Crippen LogP contribution >= 0.6 is 11.8 Å². The van der Waals surface area contributed by atoms with Gasteiger partial charge in [-0.1, -0.05) is 13.8 Å². The topological polar surface area (TPSA) is 43.4 Å². The van der Waals surface area contributed by atoms with E-state index >= 15 is 0 Å². The van der Waals surface area contributed by atoms with E-state index in [1.165, 1.54) is 6.92 Å². The number of Topliss-reactive ketones (excluding diaryl/α,β-unsaturated/α-hetero) is 1. The summed E-state index contributed by atoms with van der Waals surface area (Å²) in [6, 6.07) is 0. The minimum absolute atomic E-state index is 0.0850. The third-order valence-electron chi connectivity index (χ3n) is 2.12. The second kappa shape index (κ2) is 9.70. The molecule has 0 bridgehead atoms. The molecular weight excluding hydrogens is 224 g/mol. The highest BCUT2D eigenvalue weighted by Gasteiger charge is 2.24. The van der Waals surface area contributed by atoms with Gasteiger partial charge in [-0.15, -0.1) is 0 Å². The standard InChI is InChI=1S/C12H22O3S/c1-4-7-15-12(14)11(10(3)13)6-9-16-8-5-2/h11H,4-9H2,1-3H3. The van der Waals surface area contributed by atoms with E-state index in [0.29, 0.717) is 13.0 Å². The van der Waals surface area contributed by atoms with Crippen LogP contribution in [0.25, 0.3) is 0 Å². The van der Waals surface area contributed by atoms with Crippen LogP contribution in [0.1, 0.15) is 40.0 Å². The fraction of sp³-hybridized carbons (Fsp3) is 0.833. The number of ketones is 1. The molecule has 0 amide bonds. The maximum atomic E-state index is 11.6. The van der Waals surface area contributed by atoms with Crippen LogP contribution in [-0.4, -0.2) is 29.9 Å². The van der Waals surface area contributed by atoms with Gasteiger partial charge in [-0.05, 0) is 37.7 Å². The number of thioether (sulfide) groups is 1. The van der Waals surface area contributed by atoms with E-state index in [1.54, 1.807) is 11.8 Å². The normalized spacial score (nSPS) is 12.2. The van der Waals surface area contributed by atoms with Crippen molar-refractivity contribution >= 4 is 23.5 Å². The summed E-state index contributed by atoms with van der Waals surface area (Å²) < 4.78 is 5.00. The highest BCUT2D eigenvalue weighted by atomic mass is 32.2. The predicted octanol–water partition coefficient (Wildman–Crippen LogP) is 2.68. The van der Waals surface area contributed by atoms with Crippen molar-refractivity contribution in [2.45, 2.75) is 40.0 Å². The Labute approximate surface area is 102 Å². The average molecular weight is 246 g/mol. The summed E-state index contributed by atoms with van der Waals surface area (Å²) >= 11 is 1.78. The lowest BCUT2D eigenvalue weighted by atomic mass is 10.0. The van der Waals surface area contributed by atoms with Crippen LogP contribution in [0.2, 0.25) is 0 Å². The van der Waals surface area contributed by atoms with Gasteiger partial charge in [0.15, 0.2) is 0 Å². The van der Waals surface area contributed by atoms with Crippen LogP contribution in [-0.2, 0) is 14.3 Å². The van der Waals surface area contributed by atoms with Crippen LogP contribution < -0.4 is 0 Å². The average Bonchev–Trinajstić information content (AvgIpc) is 2.25. The van der Waals surface area contributed by atoms with Crippen LogP contribution in [0.4, 0.5) is 0 Å². The Morgan fingerprint density at radius 3 is 2.38 bits per heavy atom. The molecule has 0 N–H and O–H groups in total. The van der Waals surface area contributed by atoms with E-state index in [9.17, 15) is 9.59 Å². The molecule has 0 aliphatic carbocycles. The Kier molecular flexibility index (Phi) is 9.39. The molecule has 0 aromatic carbocycles. The van der Waals surface area contributed by atoms with Crippen molar-refractivity contribution in [1.82, 2.24) is 0 Å². The van der Waals surface area contributed by atoms with Crippen molar-refractivity contribution in [3.05, 3.63) is 0 Å². The Bertz CT molecular complexity index is 216. The first-order chi connectivity index (χ1) is 7.63. The maximum Gasteiger partial charge on any atom is 0.316 e. The zero-order valence-electron chi connectivity index (χ0n) is 10.5. The van der Waals surface area contributed by atoms with Crippen molar-refractivity contribution in [3.63, 3.8) is 0 Å². The zero-order chi connectivity index (χ0) is 12.4. The van der Waals surface area contributed by atoms with Crippen molar-refractivity contribution in [1.29, 1.82) is 0 Å². The third-order valence-corrected chi connectivity index (χ3v) is 3.34. The summed E-state index contributed by atoms with van der Waals surface area (Å²) in [5.74, 6) is 0.925. The first-order valence-corrected chi connectivity index (χ1v) is 7.03. The van der Waals surface area contributed by atoms with E-state index in [0.717, 1.165) is 24.3 Å². The molecule has 94 valence electrons. The summed E-state index contributed by atoms with van der Waals surface area (Å²) in [4.78, 5) is 22.9. The summed E-state index contributed by atoms with van der Waals surface area (Å²) in [5.41, 5.74) is 0. The molecule has 0 aromatic rings. The molecule has 16 heavy (non-hydrogen) atoms. The minimum atomic E-state index is -0.559. The van der Waals surface area contributed by atoms with Gasteiger partial charge >= 0.3 is 5.97 Å². The van der Waals surface area contributed by atoms with Gasteiger partial charge in [-0.2, -0.15) is 11.8 Å². The van der Waals surface area contributed by atoms with Crippen LogP contribution in [0.3, 0.4) is 0 Å². The molecule has 3 nitrogen and oxygen atoms in total. The van der Waals surface area contributed by atoms with Gasteiger partial charge in [0, 0.05) is 0 Å². The number of esters is 1. The Hall–Kier alpha value is -0.510. The first-order valence-electron chi connectivity index (χ1n) is 5.88. The molecule has 0 aliphatic rings. The zero-order valence-corrected chi connectivity index (χ0v) is 11.3. The Morgan fingerprint density at radius 2 is 1.88 bits per heavy atom. The number of rotatable bonds is 9. The fourth-order valence-corrected chi connectivity index (χ4v) is 2.13. The summed E-state index contributed by atoms with van der Waals surface area (Å²) in [6.07, 6.45) is 2.51.